The first-order chi connectivity index (χ1) is 10.3. The van der Waals surface area contributed by atoms with Gasteiger partial charge < -0.3 is 19.5 Å². The molecule has 0 radical (unpaired) electrons. The highest BCUT2D eigenvalue weighted by Crippen LogP contribution is 2.31. The molecule has 2 aliphatic heterocycles. The summed E-state index contributed by atoms with van der Waals surface area (Å²) in [4.78, 5) is 0. The van der Waals surface area contributed by atoms with Gasteiger partial charge in [-0.3, -0.25) is 0 Å². The van der Waals surface area contributed by atoms with Crippen LogP contribution in [0.5, 0.6) is 11.5 Å². The molecule has 2 fully saturated rings. The molecule has 0 amide bonds. The Morgan fingerprint density at radius 3 is 2.76 bits per heavy atom. The maximum absolute atomic E-state index is 6.16. The van der Waals surface area contributed by atoms with Crippen LogP contribution >= 0.6 is 0 Å². The summed E-state index contributed by atoms with van der Waals surface area (Å²) in [6.07, 6.45) is 5.77. The van der Waals surface area contributed by atoms with Gasteiger partial charge in [-0.25, -0.2) is 0 Å². The van der Waals surface area contributed by atoms with Crippen molar-refractivity contribution >= 4 is 0 Å². The van der Waals surface area contributed by atoms with Crippen molar-refractivity contribution in [3.05, 3.63) is 23.8 Å². The highest BCUT2D eigenvalue weighted by molar-refractivity contribution is 5.43. The fourth-order valence-electron chi connectivity index (χ4n) is 3.13. The number of rotatable bonds is 5. The summed E-state index contributed by atoms with van der Waals surface area (Å²) in [5.74, 6) is 1.70. The topological polar surface area (TPSA) is 39.7 Å². The predicted molar refractivity (Wildman–Crippen MR) is 82.2 cm³/mol. The molecule has 1 aromatic carbocycles. The minimum absolute atomic E-state index is 0.243. The lowest BCUT2D eigenvalue weighted by molar-refractivity contribution is 0.0245. The summed E-state index contributed by atoms with van der Waals surface area (Å²) >= 11 is 0. The molecule has 0 spiro atoms. The van der Waals surface area contributed by atoms with Crippen molar-refractivity contribution in [3.8, 4) is 11.5 Å². The van der Waals surface area contributed by atoms with Gasteiger partial charge in [0.2, 0.25) is 0 Å². The molecule has 4 nitrogen and oxygen atoms in total. The Labute approximate surface area is 126 Å². The molecule has 21 heavy (non-hydrogen) atoms. The van der Waals surface area contributed by atoms with E-state index in [1.54, 1.807) is 7.11 Å². The number of ether oxygens (including phenoxy) is 3. The molecule has 0 saturated carbocycles. The number of nitrogens with one attached hydrogen (secondary N) is 1. The maximum atomic E-state index is 6.16. The van der Waals surface area contributed by atoms with Gasteiger partial charge in [-0.05, 0) is 43.5 Å². The molecule has 1 atom stereocenters. The zero-order valence-corrected chi connectivity index (χ0v) is 12.8. The van der Waals surface area contributed by atoms with Gasteiger partial charge in [0.1, 0.15) is 6.10 Å². The lowest BCUT2D eigenvalue weighted by atomic mass is 10.0. The van der Waals surface area contributed by atoms with Crippen LogP contribution in [0.4, 0.5) is 0 Å². The summed E-state index contributed by atoms with van der Waals surface area (Å²) in [6.45, 7) is 2.73. The van der Waals surface area contributed by atoms with Crippen molar-refractivity contribution in [3.63, 3.8) is 0 Å². The largest absolute Gasteiger partial charge is 0.493 e. The molecule has 2 saturated heterocycles. The fourth-order valence-corrected chi connectivity index (χ4v) is 3.13. The van der Waals surface area contributed by atoms with E-state index in [0.717, 1.165) is 50.5 Å². The van der Waals surface area contributed by atoms with E-state index in [9.17, 15) is 0 Å². The second kappa shape index (κ2) is 7.14. The second-order valence-corrected chi connectivity index (χ2v) is 5.91. The van der Waals surface area contributed by atoms with Crippen LogP contribution in [0, 0.1) is 0 Å². The van der Waals surface area contributed by atoms with Crippen molar-refractivity contribution in [2.24, 2.45) is 0 Å². The minimum Gasteiger partial charge on any atom is -0.493 e. The van der Waals surface area contributed by atoms with E-state index in [4.69, 9.17) is 14.2 Å². The van der Waals surface area contributed by atoms with E-state index in [1.165, 1.54) is 18.4 Å². The second-order valence-electron chi connectivity index (χ2n) is 5.91. The van der Waals surface area contributed by atoms with Crippen molar-refractivity contribution in [1.82, 2.24) is 5.32 Å². The van der Waals surface area contributed by atoms with Gasteiger partial charge in [0.05, 0.1) is 20.3 Å². The summed E-state index contributed by atoms with van der Waals surface area (Å²) in [5.41, 5.74) is 1.32. The molecule has 116 valence electrons. The van der Waals surface area contributed by atoms with Gasteiger partial charge in [-0.15, -0.1) is 0 Å². The molecule has 4 heteroatoms. The SMILES string of the molecule is COc1ccc(CC2CCCN2)cc1OC1CCOCC1. The van der Waals surface area contributed by atoms with Crippen LogP contribution in [0.25, 0.3) is 0 Å². The van der Waals surface area contributed by atoms with Crippen LogP contribution in [0.2, 0.25) is 0 Å². The van der Waals surface area contributed by atoms with E-state index >= 15 is 0 Å². The summed E-state index contributed by atoms with van der Waals surface area (Å²) in [5, 5.41) is 3.55. The van der Waals surface area contributed by atoms with Crippen LogP contribution in [-0.4, -0.2) is 39.0 Å². The molecule has 2 heterocycles. The van der Waals surface area contributed by atoms with Crippen molar-refractivity contribution < 1.29 is 14.2 Å². The Morgan fingerprint density at radius 2 is 2.05 bits per heavy atom. The maximum Gasteiger partial charge on any atom is 0.161 e. The van der Waals surface area contributed by atoms with Crippen LogP contribution in [0.15, 0.2) is 18.2 Å². The number of hydrogen-bond acceptors (Lipinski definition) is 4. The van der Waals surface area contributed by atoms with E-state index in [2.05, 4.69) is 17.4 Å². The Bertz CT molecular complexity index is 451. The number of benzene rings is 1. The zero-order chi connectivity index (χ0) is 14.5. The fraction of sp³-hybridized carbons (Fsp3) is 0.647. The quantitative estimate of drug-likeness (QED) is 0.905. The first-order valence-electron chi connectivity index (χ1n) is 8.00. The van der Waals surface area contributed by atoms with E-state index < -0.39 is 0 Å². The Kier molecular flexibility index (Phi) is 4.99. The number of methoxy groups -OCH3 is 1. The van der Waals surface area contributed by atoms with Crippen molar-refractivity contribution in [2.75, 3.05) is 26.9 Å². The molecule has 0 bridgehead atoms. The lowest BCUT2D eigenvalue weighted by Crippen LogP contribution is -2.26. The third kappa shape index (κ3) is 3.89. The zero-order valence-electron chi connectivity index (χ0n) is 12.8. The Morgan fingerprint density at radius 1 is 1.19 bits per heavy atom. The highest BCUT2D eigenvalue weighted by Gasteiger charge is 2.19. The standard InChI is InChI=1S/C17H25NO3/c1-19-16-5-4-13(11-14-3-2-8-18-14)12-17(16)21-15-6-9-20-10-7-15/h4-5,12,14-15,18H,2-3,6-11H2,1H3. The van der Waals surface area contributed by atoms with Gasteiger partial charge in [-0.1, -0.05) is 6.07 Å². The first-order valence-corrected chi connectivity index (χ1v) is 8.00. The third-order valence-corrected chi connectivity index (χ3v) is 4.33. The summed E-state index contributed by atoms with van der Waals surface area (Å²) < 4.78 is 17.0. The molecule has 1 N–H and O–H groups in total. The Hall–Kier alpha value is -1.26. The first kappa shape index (κ1) is 14.7. The smallest absolute Gasteiger partial charge is 0.161 e. The number of hydrogen-bond donors (Lipinski definition) is 1. The van der Waals surface area contributed by atoms with Gasteiger partial charge in [-0.2, -0.15) is 0 Å². The van der Waals surface area contributed by atoms with Crippen LogP contribution in [0.1, 0.15) is 31.2 Å². The molecule has 1 unspecified atom stereocenters. The van der Waals surface area contributed by atoms with Crippen molar-refractivity contribution in [2.45, 2.75) is 44.2 Å². The van der Waals surface area contributed by atoms with Gasteiger partial charge >= 0.3 is 0 Å². The van der Waals surface area contributed by atoms with Crippen molar-refractivity contribution in [1.29, 1.82) is 0 Å². The Balaban J connectivity index is 1.69. The van der Waals surface area contributed by atoms with Gasteiger partial charge in [0.25, 0.3) is 0 Å². The van der Waals surface area contributed by atoms with E-state index in [-0.39, 0.29) is 6.10 Å². The van der Waals surface area contributed by atoms with Gasteiger partial charge in [0.15, 0.2) is 11.5 Å². The van der Waals surface area contributed by atoms with E-state index in [1.807, 2.05) is 6.07 Å². The molecule has 0 aromatic heterocycles. The van der Waals surface area contributed by atoms with E-state index in [0.29, 0.717) is 6.04 Å². The molecular formula is C17H25NO3. The summed E-state index contributed by atoms with van der Waals surface area (Å²) in [6, 6.07) is 6.93. The normalized spacial score (nSPS) is 23.2. The molecule has 2 aliphatic rings. The average Bonchev–Trinajstić information content (AvgIpc) is 3.02. The molecule has 3 rings (SSSR count). The minimum atomic E-state index is 0.243. The predicted octanol–water partition coefficient (Wildman–Crippen LogP) is 2.55. The lowest BCUT2D eigenvalue weighted by Gasteiger charge is -2.24. The van der Waals surface area contributed by atoms with Crippen LogP contribution < -0.4 is 14.8 Å². The third-order valence-electron chi connectivity index (χ3n) is 4.33. The summed E-state index contributed by atoms with van der Waals surface area (Å²) in [7, 11) is 1.70. The van der Waals surface area contributed by atoms with Gasteiger partial charge in [0, 0.05) is 18.9 Å². The van der Waals surface area contributed by atoms with Crippen LogP contribution in [-0.2, 0) is 11.2 Å². The average molecular weight is 291 g/mol. The monoisotopic (exact) mass is 291 g/mol. The highest BCUT2D eigenvalue weighted by atomic mass is 16.5. The van der Waals surface area contributed by atoms with Crippen LogP contribution in [0.3, 0.4) is 0 Å². The molecule has 1 aromatic rings. The molecule has 0 aliphatic carbocycles. The molecular weight excluding hydrogens is 266 g/mol.